The third-order valence-corrected chi connectivity index (χ3v) is 4.56. The molecule has 1 N–H and O–H groups in total. The van der Waals surface area contributed by atoms with Crippen LogP contribution in [0.1, 0.15) is 34.5 Å². The Morgan fingerprint density at radius 2 is 2.00 bits per heavy atom. The van der Waals surface area contributed by atoms with E-state index in [2.05, 4.69) is 44.7 Å². The molecule has 1 aliphatic heterocycles. The molecular weight excluding hydrogens is 312 g/mol. The summed E-state index contributed by atoms with van der Waals surface area (Å²) in [6, 6.07) is 14.2. The van der Waals surface area contributed by atoms with E-state index in [0.29, 0.717) is 11.6 Å². The molecule has 1 fully saturated rings. The van der Waals surface area contributed by atoms with Crippen LogP contribution in [-0.2, 0) is 6.54 Å². The zero-order chi connectivity index (χ0) is 17.5. The lowest BCUT2D eigenvalue weighted by molar-refractivity contribution is 0.0949. The highest BCUT2D eigenvalue weighted by molar-refractivity contribution is 5.93. The molecule has 1 aromatic carbocycles. The van der Waals surface area contributed by atoms with E-state index in [0.717, 1.165) is 38.0 Å². The Morgan fingerprint density at radius 3 is 2.72 bits per heavy atom. The van der Waals surface area contributed by atoms with Crippen molar-refractivity contribution in [2.45, 2.75) is 26.3 Å². The number of likely N-dealkylation sites (tertiary alicyclic amines) is 1. The van der Waals surface area contributed by atoms with Crippen molar-refractivity contribution >= 4 is 12.1 Å². The first-order valence-electron chi connectivity index (χ1n) is 8.74. The topological polar surface area (TPSA) is 57.6 Å². The number of nitrogens with zero attached hydrogens (tertiary/aromatic N) is 3. The molecule has 1 saturated heterocycles. The third kappa shape index (κ3) is 4.97. The van der Waals surface area contributed by atoms with Gasteiger partial charge in [0.2, 0.25) is 0 Å². The average Bonchev–Trinajstić information content (AvgIpc) is 2.64. The largest absolute Gasteiger partial charge is 0.299 e. The maximum Gasteiger partial charge on any atom is 0.290 e. The van der Waals surface area contributed by atoms with Crippen LogP contribution in [0.2, 0.25) is 0 Å². The van der Waals surface area contributed by atoms with Crippen LogP contribution in [0.3, 0.4) is 0 Å². The second kappa shape index (κ2) is 8.53. The Balaban J connectivity index is 1.43. The van der Waals surface area contributed by atoms with Crippen LogP contribution in [0.5, 0.6) is 0 Å². The molecule has 1 amide bonds. The van der Waals surface area contributed by atoms with Crippen LogP contribution in [-0.4, -0.2) is 35.1 Å². The van der Waals surface area contributed by atoms with Crippen molar-refractivity contribution in [3.63, 3.8) is 0 Å². The number of benzene rings is 1. The molecule has 0 unspecified atom stereocenters. The monoisotopic (exact) mass is 336 g/mol. The molecule has 5 heteroatoms. The summed E-state index contributed by atoms with van der Waals surface area (Å²) in [5.74, 6) is 0.160. The van der Waals surface area contributed by atoms with Gasteiger partial charge in [-0.15, -0.1) is 0 Å². The van der Waals surface area contributed by atoms with Gasteiger partial charge in [0.05, 0.1) is 0 Å². The molecule has 0 radical (unpaired) electrons. The Kier molecular flexibility index (Phi) is 5.90. The second-order valence-corrected chi connectivity index (χ2v) is 6.49. The second-order valence-electron chi connectivity index (χ2n) is 6.49. The number of piperidine rings is 1. The van der Waals surface area contributed by atoms with Gasteiger partial charge in [0.25, 0.3) is 5.91 Å². The number of nitrogens with one attached hydrogen (secondary N) is 1. The smallest absolute Gasteiger partial charge is 0.290 e. The van der Waals surface area contributed by atoms with Gasteiger partial charge in [0.15, 0.2) is 0 Å². The summed E-state index contributed by atoms with van der Waals surface area (Å²) < 4.78 is 0. The number of carbonyl (C=O) groups is 1. The number of carbonyl (C=O) groups excluding carboxylic acids is 1. The fourth-order valence-electron chi connectivity index (χ4n) is 3.08. The summed E-state index contributed by atoms with van der Waals surface area (Å²) in [4.78, 5) is 18.6. The van der Waals surface area contributed by atoms with Crippen LogP contribution < -0.4 is 5.43 Å². The molecule has 2 heterocycles. The van der Waals surface area contributed by atoms with E-state index in [9.17, 15) is 4.79 Å². The lowest BCUT2D eigenvalue weighted by atomic mass is 9.98. The zero-order valence-corrected chi connectivity index (χ0v) is 14.6. The summed E-state index contributed by atoms with van der Waals surface area (Å²) in [6.45, 7) is 4.98. The van der Waals surface area contributed by atoms with Crippen LogP contribution in [0.25, 0.3) is 0 Å². The summed E-state index contributed by atoms with van der Waals surface area (Å²) in [7, 11) is 0. The van der Waals surface area contributed by atoms with Gasteiger partial charge in [-0.25, -0.2) is 5.43 Å². The van der Waals surface area contributed by atoms with E-state index >= 15 is 0 Å². The minimum absolute atomic E-state index is 0.254. The predicted octanol–water partition coefficient (Wildman–Crippen LogP) is 3.02. The van der Waals surface area contributed by atoms with Gasteiger partial charge in [-0.1, -0.05) is 36.4 Å². The molecule has 2 aromatic rings. The first kappa shape index (κ1) is 17.3. The molecule has 130 valence electrons. The molecule has 0 saturated carbocycles. The van der Waals surface area contributed by atoms with Crippen LogP contribution >= 0.6 is 0 Å². The number of hydrogen-bond donors (Lipinski definition) is 1. The predicted molar refractivity (Wildman–Crippen MR) is 99.4 cm³/mol. The lowest BCUT2D eigenvalue weighted by Crippen LogP contribution is -2.34. The summed E-state index contributed by atoms with van der Waals surface area (Å²) in [5, 5.41) is 4.14. The standard InChI is InChI=1S/C20H24N4O/c1-16-6-5-11-21-19(16)20(25)23-22-14-17-9-12-24(13-10-17)15-18-7-3-2-4-8-18/h2-8,11,14,17H,9-10,12-13,15H2,1H3,(H,23,25)/b22-14+. The lowest BCUT2D eigenvalue weighted by Gasteiger charge is -2.30. The number of rotatable bonds is 5. The van der Waals surface area contributed by atoms with E-state index in [1.165, 1.54) is 5.56 Å². The molecule has 1 aromatic heterocycles. The maximum atomic E-state index is 12.1. The summed E-state index contributed by atoms with van der Waals surface area (Å²) >= 11 is 0. The Labute approximate surface area is 148 Å². The van der Waals surface area contributed by atoms with E-state index < -0.39 is 0 Å². The highest BCUT2D eigenvalue weighted by atomic mass is 16.2. The van der Waals surface area contributed by atoms with Crippen molar-refractivity contribution in [2.75, 3.05) is 13.1 Å². The van der Waals surface area contributed by atoms with Crippen LogP contribution in [0.15, 0.2) is 53.8 Å². The number of aromatic nitrogens is 1. The zero-order valence-electron chi connectivity index (χ0n) is 14.6. The molecular formula is C20H24N4O. The first-order chi connectivity index (χ1) is 12.2. The Morgan fingerprint density at radius 1 is 1.24 bits per heavy atom. The average molecular weight is 336 g/mol. The highest BCUT2D eigenvalue weighted by Crippen LogP contribution is 2.17. The Bertz CT molecular complexity index is 721. The molecule has 0 bridgehead atoms. The van der Waals surface area contributed by atoms with Crippen molar-refractivity contribution < 1.29 is 4.79 Å². The fourth-order valence-corrected chi connectivity index (χ4v) is 3.08. The Hall–Kier alpha value is -2.53. The molecule has 3 rings (SSSR count). The molecule has 0 aliphatic carbocycles. The molecule has 25 heavy (non-hydrogen) atoms. The van der Waals surface area contributed by atoms with Gasteiger partial charge in [-0.2, -0.15) is 5.10 Å². The van der Waals surface area contributed by atoms with Gasteiger partial charge in [-0.05, 0) is 56.0 Å². The van der Waals surface area contributed by atoms with Gasteiger partial charge >= 0.3 is 0 Å². The van der Waals surface area contributed by atoms with E-state index in [4.69, 9.17) is 0 Å². The first-order valence-corrected chi connectivity index (χ1v) is 8.74. The minimum atomic E-state index is -0.254. The van der Waals surface area contributed by atoms with E-state index in [-0.39, 0.29) is 5.91 Å². The van der Waals surface area contributed by atoms with E-state index in [1.807, 2.05) is 31.3 Å². The van der Waals surface area contributed by atoms with Crippen molar-refractivity contribution in [2.24, 2.45) is 11.0 Å². The molecule has 1 aliphatic rings. The number of hydrogen-bond acceptors (Lipinski definition) is 4. The van der Waals surface area contributed by atoms with Crippen LogP contribution in [0.4, 0.5) is 0 Å². The molecule has 0 atom stereocenters. The quantitative estimate of drug-likeness (QED) is 0.674. The summed E-state index contributed by atoms with van der Waals surface area (Å²) in [5.41, 5.74) is 5.23. The summed E-state index contributed by atoms with van der Waals surface area (Å²) in [6.07, 6.45) is 5.62. The van der Waals surface area contributed by atoms with Crippen molar-refractivity contribution in [1.82, 2.24) is 15.3 Å². The third-order valence-electron chi connectivity index (χ3n) is 4.56. The normalized spacial score (nSPS) is 16.2. The maximum absolute atomic E-state index is 12.1. The van der Waals surface area contributed by atoms with Gasteiger partial charge in [0, 0.05) is 19.0 Å². The van der Waals surface area contributed by atoms with Crippen molar-refractivity contribution in [1.29, 1.82) is 0 Å². The van der Waals surface area contributed by atoms with Crippen molar-refractivity contribution in [3.8, 4) is 0 Å². The number of pyridine rings is 1. The van der Waals surface area contributed by atoms with Crippen LogP contribution in [0, 0.1) is 12.8 Å². The van der Waals surface area contributed by atoms with E-state index in [1.54, 1.807) is 6.20 Å². The van der Waals surface area contributed by atoms with Gasteiger partial charge in [0.1, 0.15) is 5.69 Å². The minimum Gasteiger partial charge on any atom is -0.299 e. The number of amides is 1. The highest BCUT2D eigenvalue weighted by Gasteiger charge is 2.18. The SMILES string of the molecule is Cc1cccnc1C(=O)N/N=C/C1CCN(Cc2ccccc2)CC1. The van der Waals surface area contributed by atoms with Gasteiger partial charge < -0.3 is 0 Å². The van der Waals surface area contributed by atoms with Gasteiger partial charge in [-0.3, -0.25) is 14.7 Å². The number of hydrazone groups is 1. The molecule has 0 spiro atoms. The number of aryl methyl sites for hydroxylation is 1. The molecule has 5 nitrogen and oxygen atoms in total. The van der Waals surface area contributed by atoms with Crippen molar-refractivity contribution in [3.05, 3.63) is 65.5 Å². The fraction of sp³-hybridized carbons (Fsp3) is 0.350.